The largest absolute Gasteiger partial charge is 0.298 e. The highest BCUT2D eigenvalue weighted by atomic mass is 32.2. The molecular formula is C17H26N2O2S. The molecule has 0 unspecified atom stereocenters. The fourth-order valence-electron chi connectivity index (χ4n) is 3.94. The molecule has 0 amide bonds. The Morgan fingerprint density at radius 3 is 2.45 bits per heavy atom. The molecule has 0 aliphatic carbocycles. The summed E-state index contributed by atoms with van der Waals surface area (Å²) in [6.07, 6.45) is 1.96. The van der Waals surface area contributed by atoms with Crippen LogP contribution in [0.25, 0.3) is 0 Å². The SMILES string of the molecule is CC(C)CN1CC[C@@H]2[C@@H]1CCN2S(=O)(=O)Cc1ccccc1. The van der Waals surface area contributed by atoms with Gasteiger partial charge in [0.05, 0.1) is 5.75 Å². The number of nitrogens with zero attached hydrogens (tertiary/aromatic N) is 2. The number of benzene rings is 1. The van der Waals surface area contributed by atoms with Gasteiger partial charge in [-0.15, -0.1) is 0 Å². The molecule has 5 heteroatoms. The smallest absolute Gasteiger partial charge is 0.218 e. The van der Waals surface area contributed by atoms with Gasteiger partial charge in [-0.3, -0.25) is 4.90 Å². The summed E-state index contributed by atoms with van der Waals surface area (Å²) in [4.78, 5) is 2.49. The van der Waals surface area contributed by atoms with Gasteiger partial charge in [0.1, 0.15) is 0 Å². The molecule has 0 saturated carbocycles. The zero-order chi connectivity index (χ0) is 15.7. The highest BCUT2D eigenvalue weighted by molar-refractivity contribution is 7.88. The van der Waals surface area contributed by atoms with Gasteiger partial charge in [-0.05, 0) is 24.3 Å². The molecule has 122 valence electrons. The zero-order valence-corrected chi connectivity index (χ0v) is 14.3. The van der Waals surface area contributed by atoms with E-state index in [1.54, 1.807) is 4.31 Å². The lowest BCUT2D eigenvalue weighted by Gasteiger charge is -2.26. The molecule has 1 aromatic carbocycles. The lowest BCUT2D eigenvalue weighted by Crippen LogP contribution is -2.40. The number of hydrogen-bond acceptors (Lipinski definition) is 3. The molecule has 2 heterocycles. The van der Waals surface area contributed by atoms with E-state index >= 15 is 0 Å². The molecule has 0 radical (unpaired) electrons. The van der Waals surface area contributed by atoms with Crippen molar-refractivity contribution in [3.63, 3.8) is 0 Å². The Labute approximate surface area is 134 Å². The van der Waals surface area contributed by atoms with E-state index in [2.05, 4.69) is 18.7 Å². The van der Waals surface area contributed by atoms with Gasteiger partial charge in [-0.1, -0.05) is 44.2 Å². The molecule has 0 spiro atoms. The van der Waals surface area contributed by atoms with Crippen LogP contribution in [0.5, 0.6) is 0 Å². The maximum atomic E-state index is 12.8. The molecule has 3 rings (SSSR count). The van der Waals surface area contributed by atoms with E-state index in [1.165, 1.54) is 0 Å². The summed E-state index contributed by atoms with van der Waals surface area (Å²) >= 11 is 0. The molecular weight excluding hydrogens is 296 g/mol. The highest BCUT2D eigenvalue weighted by Gasteiger charge is 2.46. The second-order valence-electron chi connectivity index (χ2n) is 6.95. The van der Waals surface area contributed by atoms with E-state index in [0.29, 0.717) is 18.5 Å². The maximum absolute atomic E-state index is 12.8. The lowest BCUT2D eigenvalue weighted by atomic mass is 10.1. The first-order chi connectivity index (χ1) is 10.5. The maximum Gasteiger partial charge on any atom is 0.218 e. The van der Waals surface area contributed by atoms with Crippen LogP contribution >= 0.6 is 0 Å². The summed E-state index contributed by atoms with van der Waals surface area (Å²) < 4.78 is 27.3. The van der Waals surface area contributed by atoms with Gasteiger partial charge in [-0.25, -0.2) is 8.42 Å². The van der Waals surface area contributed by atoms with Crippen LogP contribution in [-0.4, -0.2) is 49.3 Å². The number of hydrogen-bond donors (Lipinski definition) is 0. The van der Waals surface area contributed by atoms with Crippen molar-refractivity contribution in [3.05, 3.63) is 35.9 Å². The lowest BCUT2D eigenvalue weighted by molar-refractivity contribution is 0.222. The first-order valence-electron chi connectivity index (χ1n) is 8.25. The van der Waals surface area contributed by atoms with Crippen LogP contribution in [0.1, 0.15) is 32.3 Å². The summed E-state index contributed by atoms with van der Waals surface area (Å²) in [5.41, 5.74) is 0.878. The Hall–Kier alpha value is -0.910. The zero-order valence-electron chi connectivity index (χ0n) is 13.5. The van der Waals surface area contributed by atoms with E-state index in [9.17, 15) is 8.42 Å². The van der Waals surface area contributed by atoms with E-state index < -0.39 is 10.0 Å². The van der Waals surface area contributed by atoms with Crippen LogP contribution < -0.4 is 0 Å². The monoisotopic (exact) mass is 322 g/mol. The highest BCUT2D eigenvalue weighted by Crippen LogP contribution is 2.34. The molecule has 4 nitrogen and oxygen atoms in total. The molecule has 2 saturated heterocycles. The molecule has 2 fully saturated rings. The molecule has 22 heavy (non-hydrogen) atoms. The Morgan fingerprint density at radius 1 is 1.09 bits per heavy atom. The standard InChI is InChI=1S/C17H26N2O2S/c1-14(2)12-18-10-8-17-16(18)9-11-19(17)22(20,21)13-15-6-4-3-5-7-15/h3-7,14,16-17H,8-13H2,1-2H3/t16-,17+/m0/s1. The normalized spacial score (nSPS) is 26.7. The molecule has 0 N–H and O–H groups in total. The molecule has 0 aromatic heterocycles. The van der Waals surface area contributed by atoms with Gasteiger partial charge < -0.3 is 0 Å². The number of sulfonamides is 1. The summed E-state index contributed by atoms with van der Waals surface area (Å²) in [5, 5.41) is 0. The minimum atomic E-state index is -3.21. The van der Waals surface area contributed by atoms with Gasteiger partial charge in [0.2, 0.25) is 10.0 Å². The van der Waals surface area contributed by atoms with E-state index in [-0.39, 0.29) is 11.8 Å². The van der Waals surface area contributed by atoms with Crippen LogP contribution in [0.2, 0.25) is 0 Å². The van der Waals surface area contributed by atoms with Gasteiger partial charge in [0.25, 0.3) is 0 Å². The minimum Gasteiger partial charge on any atom is -0.298 e. The van der Waals surface area contributed by atoms with Crippen LogP contribution in [0.3, 0.4) is 0 Å². The van der Waals surface area contributed by atoms with Crippen LogP contribution in [-0.2, 0) is 15.8 Å². The van der Waals surface area contributed by atoms with Crippen molar-refractivity contribution in [1.82, 2.24) is 9.21 Å². The molecule has 1 aromatic rings. The Bertz CT molecular complexity index is 600. The third-order valence-corrected chi connectivity index (χ3v) is 6.66. The van der Waals surface area contributed by atoms with Crippen molar-refractivity contribution in [2.24, 2.45) is 5.92 Å². The summed E-state index contributed by atoms with van der Waals surface area (Å²) in [5.74, 6) is 0.759. The number of rotatable bonds is 5. The summed E-state index contributed by atoms with van der Waals surface area (Å²) in [6, 6.07) is 10.1. The van der Waals surface area contributed by atoms with Gasteiger partial charge in [-0.2, -0.15) is 4.31 Å². The van der Waals surface area contributed by atoms with E-state index in [4.69, 9.17) is 0 Å². The quantitative estimate of drug-likeness (QED) is 0.835. The topological polar surface area (TPSA) is 40.6 Å². The predicted molar refractivity (Wildman–Crippen MR) is 89.0 cm³/mol. The molecule has 2 atom stereocenters. The number of fused-ring (bicyclic) bond motifs is 1. The first kappa shape index (κ1) is 16.0. The fourth-order valence-corrected chi connectivity index (χ4v) is 5.77. The van der Waals surface area contributed by atoms with Crippen LogP contribution in [0.15, 0.2) is 30.3 Å². The van der Waals surface area contributed by atoms with E-state index in [1.807, 2.05) is 30.3 Å². The molecule has 2 aliphatic heterocycles. The summed E-state index contributed by atoms with van der Waals surface area (Å²) in [7, 11) is -3.21. The third-order valence-electron chi connectivity index (χ3n) is 4.79. The van der Waals surface area contributed by atoms with Crippen molar-refractivity contribution in [2.45, 2.75) is 44.5 Å². The van der Waals surface area contributed by atoms with Gasteiger partial charge in [0.15, 0.2) is 0 Å². The minimum absolute atomic E-state index is 0.126. The fraction of sp³-hybridized carbons (Fsp3) is 0.647. The molecule has 0 bridgehead atoms. The second-order valence-corrected chi connectivity index (χ2v) is 8.87. The van der Waals surface area contributed by atoms with Crippen LogP contribution in [0.4, 0.5) is 0 Å². The summed E-state index contributed by atoms with van der Waals surface area (Å²) in [6.45, 7) is 7.25. The van der Waals surface area contributed by atoms with Crippen LogP contribution in [0, 0.1) is 5.92 Å². The Balaban J connectivity index is 1.71. The van der Waals surface area contributed by atoms with Crippen molar-refractivity contribution >= 4 is 10.0 Å². The average Bonchev–Trinajstić information content (AvgIpc) is 3.02. The Kier molecular flexibility index (Phi) is 4.57. The Morgan fingerprint density at radius 2 is 1.77 bits per heavy atom. The predicted octanol–water partition coefficient (Wildman–Crippen LogP) is 2.32. The first-order valence-corrected chi connectivity index (χ1v) is 9.86. The van der Waals surface area contributed by atoms with Gasteiger partial charge in [0, 0.05) is 31.7 Å². The average molecular weight is 322 g/mol. The van der Waals surface area contributed by atoms with E-state index in [0.717, 1.165) is 31.5 Å². The van der Waals surface area contributed by atoms with Crippen molar-refractivity contribution in [3.8, 4) is 0 Å². The van der Waals surface area contributed by atoms with Crippen molar-refractivity contribution < 1.29 is 8.42 Å². The number of likely N-dealkylation sites (tertiary alicyclic amines) is 1. The molecule has 2 aliphatic rings. The van der Waals surface area contributed by atoms with Crippen molar-refractivity contribution in [1.29, 1.82) is 0 Å². The third kappa shape index (κ3) is 3.21. The van der Waals surface area contributed by atoms with Gasteiger partial charge >= 0.3 is 0 Å². The van der Waals surface area contributed by atoms with Crippen molar-refractivity contribution in [2.75, 3.05) is 19.6 Å². The second kappa shape index (κ2) is 6.30.